The Morgan fingerprint density at radius 2 is 1.88 bits per heavy atom. The molecule has 0 aromatic heterocycles. The Balaban J connectivity index is 4.65. The first-order valence-corrected chi connectivity index (χ1v) is 5.89. The van der Waals surface area contributed by atoms with Gasteiger partial charge in [-0.15, -0.1) is 0 Å². The van der Waals surface area contributed by atoms with Crippen molar-refractivity contribution in [3.63, 3.8) is 0 Å². The van der Waals surface area contributed by atoms with E-state index in [0.717, 1.165) is 6.54 Å². The minimum Gasteiger partial charge on any atom is -0.480 e. The first-order chi connectivity index (χ1) is 7.23. The van der Waals surface area contributed by atoms with E-state index in [-0.39, 0.29) is 0 Å². The number of likely N-dealkylation sites (N-methyl/N-ethyl adjacent to an activating group) is 1. The van der Waals surface area contributed by atoms with Crippen LogP contribution in [0.4, 0.5) is 0 Å². The molecular formula is C12H26N2O2. The fraction of sp³-hybridized carbons (Fsp3) is 0.917. The van der Waals surface area contributed by atoms with Gasteiger partial charge in [0.15, 0.2) is 0 Å². The molecule has 0 aliphatic rings. The van der Waals surface area contributed by atoms with Gasteiger partial charge < -0.3 is 10.4 Å². The number of nitrogens with one attached hydrogen (secondary N) is 1. The van der Waals surface area contributed by atoms with E-state index >= 15 is 0 Å². The molecule has 96 valence electrons. The van der Waals surface area contributed by atoms with Gasteiger partial charge in [0.2, 0.25) is 0 Å². The average Bonchev–Trinajstić information content (AvgIpc) is 2.15. The molecule has 0 aromatic rings. The lowest BCUT2D eigenvalue weighted by atomic mass is 10.0. The van der Waals surface area contributed by atoms with Crippen LogP contribution in [0.1, 0.15) is 34.6 Å². The van der Waals surface area contributed by atoms with Crippen molar-refractivity contribution in [3.05, 3.63) is 0 Å². The van der Waals surface area contributed by atoms with Crippen molar-refractivity contribution in [2.75, 3.05) is 20.1 Å². The summed E-state index contributed by atoms with van der Waals surface area (Å²) in [7, 11) is 1.70. The number of hydrogen-bond donors (Lipinski definition) is 2. The van der Waals surface area contributed by atoms with Gasteiger partial charge in [-0.25, -0.2) is 0 Å². The standard InChI is InChI=1S/C12H26N2O2/c1-9(2)7-14(10(3)4)8-12(5,13-6)11(15)16/h9-10,13H,7-8H2,1-6H3,(H,15,16). The van der Waals surface area contributed by atoms with Crippen LogP contribution < -0.4 is 5.32 Å². The van der Waals surface area contributed by atoms with Gasteiger partial charge in [-0.05, 0) is 33.7 Å². The number of carboxylic acids is 1. The Morgan fingerprint density at radius 3 is 2.12 bits per heavy atom. The van der Waals surface area contributed by atoms with Crippen molar-refractivity contribution in [3.8, 4) is 0 Å². The molecule has 0 saturated heterocycles. The molecule has 4 heteroatoms. The molecule has 0 bridgehead atoms. The average molecular weight is 230 g/mol. The zero-order valence-electron chi connectivity index (χ0n) is 11.4. The molecule has 0 heterocycles. The minimum absolute atomic E-state index is 0.356. The van der Waals surface area contributed by atoms with Crippen molar-refractivity contribution < 1.29 is 9.90 Å². The summed E-state index contributed by atoms with van der Waals surface area (Å²) in [4.78, 5) is 13.4. The largest absolute Gasteiger partial charge is 0.480 e. The molecule has 1 unspecified atom stereocenters. The van der Waals surface area contributed by atoms with Crippen molar-refractivity contribution in [1.82, 2.24) is 10.2 Å². The highest BCUT2D eigenvalue weighted by Gasteiger charge is 2.34. The summed E-state index contributed by atoms with van der Waals surface area (Å²) in [5.74, 6) is -0.262. The monoisotopic (exact) mass is 230 g/mol. The summed E-state index contributed by atoms with van der Waals surface area (Å²) < 4.78 is 0. The maximum absolute atomic E-state index is 11.2. The second-order valence-electron chi connectivity index (χ2n) is 5.30. The van der Waals surface area contributed by atoms with E-state index in [0.29, 0.717) is 18.5 Å². The zero-order chi connectivity index (χ0) is 12.9. The Bertz CT molecular complexity index is 229. The summed E-state index contributed by atoms with van der Waals surface area (Å²) in [6.45, 7) is 11.7. The molecule has 0 aliphatic carbocycles. The second-order valence-corrected chi connectivity index (χ2v) is 5.30. The molecule has 0 rings (SSSR count). The summed E-state index contributed by atoms with van der Waals surface area (Å²) in [5, 5.41) is 12.1. The highest BCUT2D eigenvalue weighted by molar-refractivity contribution is 5.78. The Morgan fingerprint density at radius 1 is 1.38 bits per heavy atom. The number of hydrogen-bond acceptors (Lipinski definition) is 3. The predicted octanol–water partition coefficient (Wildman–Crippen LogP) is 1.42. The zero-order valence-corrected chi connectivity index (χ0v) is 11.4. The van der Waals surface area contributed by atoms with E-state index in [1.807, 2.05) is 0 Å². The minimum atomic E-state index is -0.876. The van der Waals surface area contributed by atoms with Crippen molar-refractivity contribution >= 4 is 5.97 Å². The summed E-state index contributed by atoms with van der Waals surface area (Å²) >= 11 is 0. The molecule has 0 aromatic carbocycles. The highest BCUT2D eigenvalue weighted by Crippen LogP contribution is 2.12. The molecule has 0 fully saturated rings. The summed E-state index contributed by atoms with van der Waals surface area (Å²) in [6.07, 6.45) is 0. The van der Waals surface area contributed by atoms with Crippen LogP contribution in [0.5, 0.6) is 0 Å². The van der Waals surface area contributed by atoms with E-state index in [2.05, 4.69) is 37.9 Å². The van der Waals surface area contributed by atoms with Crippen LogP contribution >= 0.6 is 0 Å². The van der Waals surface area contributed by atoms with Crippen LogP contribution in [0, 0.1) is 5.92 Å². The van der Waals surface area contributed by atoms with Gasteiger partial charge in [-0.3, -0.25) is 9.69 Å². The molecular weight excluding hydrogens is 204 g/mol. The normalized spacial score (nSPS) is 15.8. The second kappa shape index (κ2) is 6.21. The van der Waals surface area contributed by atoms with E-state index in [4.69, 9.17) is 0 Å². The molecule has 0 spiro atoms. The number of carboxylic acid groups (broad SMARTS) is 1. The van der Waals surface area contributed by atoms with E-state index in [9.17, 15) is 9.90 Å². The van der Waals surface area contributed by atoms with Crippen LogP contribution in [0.25, 0.3) is 0 Å². The molecule has 0 amide bonds. The number of carbonyl (C=O) groups is 1. The van der Waals surface area contributed by atoms with Gasteiger partial charge in [0.25, 0.3) is 0 Å². The lowest BCUT2D eigenvalue weighted by Gasteiger charge is -2.35. The summed E-state index contributed by atoms with van der Waals surface area (Å²) in [6, 6.07) is 0.356. The SMILES string of the molecule is CNC(C)(CN(CC(C)C)C(C)C)C(=O)O. The van der Waals surface area contributed by atoms with Crippen LogP contribution in [-0.2, 0) is 4.79 Å². The third kappa shape index (κ3) is 4.49. The van der Waals surface area contributed by atoms with Crippen molar-refractivity contribution in [2.45, 2.75) is 46.2 Å². The summed E-state index contributed by atoms with van der Waals surface area (Å²) in [5.41, 5.74) is -0.876. The van der Waals surface area contributed by atoms with Gasteiger partial charge in [0.1, 0.15) is 5.54 Å². The van der Waals surface area contributed by atoms with E-state index in [1.165, 1.54) is 0 Å². The molecule has 2 N–H and O–H groups in total. The van der Waals surface area contributed by atoms with Crippen LogP contribution in [0.2, 0.25) is 0 Å². The molecule has 0 radical (unpaired) electrons. The van der Waals surface area contributed by atoms with Crippen molar-refractivity contribution in [2.24, 2.45) is 5.92 Å². The molecule has 1 atom stereocenters. The highest BCUT2D eigenvalue weighted by atomic mass is 16.4. The maximum Gasteiger partial charge on any atom is 0.324 e. The van der Waals surface area contributed by atoms with E-state index < -0.39 is 11.5 Å². The first kappa shape index (κ1) is 15.4. The lowest BCUT2D eigenvalue weighted by Crippen LogP contribution is -2.57. The number of aliphatic carboxylic acids is 1. The number of nitrogens with zero attached hydrogens (tertiary/aromatic N) is 1. The Labute approximate surface area is 99.0 Å². The maximum atomic E-state index is 11.2. The van der Waals surface area contributed by atoms with Gasteiger partial charge in [-0.2, -0.15) is 0 Å². The number of rotatable bonds is 7. The van der Waals surface area contributed by atoms with Crippen LogP contribution in [0.15, 0.2) is 0 Å². The fourth-order valence-electron chi connectivity index (χ4n) is 1.59. The van der Waals surface area contributed by atoms with Crippen molar-refractivity contribution in [1.29, 1.82) is 0 Å². The fourth-order valence-corrected chi connectivity index (χ4v) is 1.59. The van der Waals surface area contributed by atoms with Gasteiger partial charge in [0.05, 0.1) is 0 Å². The van der Waals surface area contributed by atoms with Gasteiger partial charge in [0, 0.05) is 19.1 Å². The van der Waals surface area contributed by atoms with Gasteiger partial charge >= 0.3 is 5.97 Å². The Kier molecular flexibility index (Phi) is 5.97. The van der Waals surface area contributed by atoms with E-state index in [1.54, 1.807) is 14.0 Å². The smallest absolute Gasteiger partial charge is 0.324 e. The quantitative estimate of drug-likeness (QED) is 0.694. The molecule has 0 saturated carbocycles. The third-order valence-electron chi connectivity index (χ3n) is 2.87. The first-order valence-electron chi connectivity index (χ1n) is 5.89. The van der Waals surface area contributed by atoms with Crippen LogP contribution in [0.3, 0.4) is 0 Å². The van der Waals surface area contributed by atoms with Gasteiger partial charge in [-0.1, -0.05) is 13.8 Å². The Hall–Kier alpha value is -0.610. The third-order valence-corrected chi connectivity index (χ3v) is 2.87. The molecule has 4 nitrogen and oxygen atoms in total. The lowest BCUT2D eigenvalue weighted by molar-refractivity contribution is -0.145. The molecule has 0 aliphatic heterocycles. The van der Waals surface area contributed by atoms with Crippen LogP contribution in [-0.4, -0.2) is 47.7 Å². The topological polar surface area (TPSA) is 52.6 Å². The molecule has 16 heavy (non-hydrogen) atoms. The predicted molar refractivity (Wildman–Crippen MR) is 66.6 cm³/mol.